The van der Waals surface area contributed by atoms with Crippen LogP contribution in [0, 0.1) is 5.92 Å². The second-order valence-corrected chi connectivity index (χ2v) is 6.82. The normalized spacial score (nSPS) is 25.2. The molecule has 1 aliphatic heterocycles. The van der Waals surface area contributed by atoms with Gasteiger partial charge < -0.3 is 14.8 Å². The minimum absolute atomic E-state index is 0.0639. The summed E-state index contributed by atoms with van der Waals surface area (Å²) < 4.78 is 11.2. The number of amides is 1. The minimum atomic E-state index is 0.0639. The van der Waals surface area contributed by atoms with Gasteiger partial charge in [-0.2, -0.15) is 0 Å². The van der Waals surface area contributed by atoms with Crippen LogP contribution in [0.1, 0.15) is 30.7 Å². The summed E-state index contributed by atoms with van der Waals surface area (Å²) >= 11 is 0. The first kappa shape index (κ1) is 16.2. The zero-order valence-electron chi connectivity index (χ0n) is 14.2. The summed E-state index contributed by atoms with van der Waals surface area (Å²) in [6.07, 6.45) is 3.11. The topological polar surface area (TPSA) is 47.6 Å². The van der Waals surface area contributed by atoms with Crippen molar-refractivity contribution >= 4 is 11.6 Å². The number of benzene rings is 2. The Morgan fingerprint density at radius 2 is 1.80 bits per heavy atom. The molecule has 2 fully saturated rings. The van der Waals surface area contributed by atoms with E-state index in [2.05, 4.69) is 17.4 Å². The van der Waals surface area contributed by atoms with Crippen LogP contribution in [0.4, 0.5) is 5.69 Å². The van der Waals surface area contributed by atoms with Crippen LogP contribution < -0.4 is 10.1 Å². The van der Waals surface area contributed by atoms with Crippen LogP contribution in [-0.2, 0) is 9.53 Å². The Hall–Kier alpha value is -2.33. The SMILES string of the molecule is O=C(Nc1ccc(OC2CCOC2)cc1)C1CCC1c1ccccc1. The summed E-state index contributed by atoms with van der Waals surface area (Å²) in [7, 11) is 0. The molecule has 4 heteroatoms. The van der Waals surface area contributed by atoms with Crippen LogP contribution in [0.5, 0.6) is 5.75 Å². The molecule has 2 aliphatic rings. The van der Waals surface area contributed by atoms with E-state index in [0.717, 1.165) is 37.3 Å². The first-order chi connectivity index (χ1) is 12.3. The number of hydrogen-bond acceptors (Lipinski definition) is 3. The lowest BCUT2D eigenvalue weighted by Gasteiger charge is -2.35. The van der Waals surface area contributed by atoms with Crippen molar-refractivity contribution in [1.29, 1.82) is 0 Å². The highest BCUT2D eigenvalue weighted by atomic mass is 16.5. The largest absolute Gasteiger partial charge is 0.488 e. The van der Waals surface area contributed by atoms with E-state index in [1.165, 1.54) is 5.56 Å². The van der Waals surface area contributed by atoms with Crippen LogP contribution >= 0.6 is 0 Å². The number of nitrogens with one attached hydrogen (secondary N) is 1. The molecule has 4 rings (SSSR count). The van der Waals surface area contributed by atoms with Gasteiger partial charge in [0.2, 0.25) is 5.91 Å². The van der Waals surface area contributed by atoms with Gasteiger partial charge in [0.15, 0.2) is 0 Å². The quantitative estimate of drug-likeness (QED) is 0.897. The monoisotopic (exact) mass is 337 g/mol. The van der Waals surface area contributed by atoms with E-state index >= 15 is 0 Å². The molecule has 130 valence electrons. The third-order valence-corrected chi connectivity index (χ3v) is 5.15. The summed E-state index contributed by atoms with van der Waals surface area (Å²) in [4.78, 5) is 12.6. The molecule has 2 aromatic rings. The minimum Gasteiger partial charge on any atom is -0.488 e. The fourth-order valence-electron chi connectivity index (χ4n) is 3.56. The first-order valence-electron chi connectivity index (χ1n) is 9.00. The molecule has 0 radical (unpaired) electrons. The van der Waals surface area contributed by atoms with Gasteiger partial charge in [-0.05, 0) is 48.6 Å². The molecule has 1 heterocycles. The number of ether oxygens (including phenoxy) is 2. The van der Waals surface area contributed by atoms with Crippen molar-refractivity contribution < 1.29 is 14.3 Å². The van der Waals surface area contributed by atoms with Gasteiger partial charge in [0.25, 0.3) is 0 Å². The van der Waals surface area contributed by atoms with Gasteiger partial charge in [0.05, 0.1) is 13.2 Å². The van der Waals surface area contributed by atoms with Gasteiger partial charge in [-0.3, -0.25) is 4.79 Å². The summed E-state index contributed by atoms with van der Waals surface area (Å²) in [5, 5.41) is 3.05. The van der Waals surface area contributed by atoms with Crippen molar-refractivity contribution in [3.05, 3.63) is 60.2 Å². The van der Waals surface area contributed by atoms with Gasteiger partial charge in [-0.1, -0.05) is 30.3 Å². The van der Waals surface area contributed by atoms with Gasteiger partial charge in [-0.25, -0.2) is 0 Å². The Morgan fingerprint density at radius 3 is 2.44 bits per heavy atom. The van der Waals surface area contributed by atoms with Crippen molar-refractivity contribution in [3.8, 4) is 5.75 Å². The molecule has 3 atom stereocenters. The molecule has 1 aliphatic carbocycles. The fraction of sp³-hybridized carbons (Fsp3) is 0.381. The predicted molar refractivity (Wildman–Crippen MR) is 96.8 cm³/mol. The maximum Gasteiger partial charge on any atom is 0.228 e. The molecular formula is C21H23NO3. The molecule has 2 aromatic carbocycles. The second-order valence-electron chi connectivity index (χ2n) is 6.82. The average Bonchev–Trinajstić information content (AvgIpc) is 3.10. The lowest BCUT2D eigenvalue weighted by molar-refractivity contribution is -0.123. The van der Waals surface area contributed by atoms with Crippen molar-refractivity contribution in [3.63, 3.8) is 0 Å². The van der Waals surface area contributed by atoms with Gasteiger partial charge >= 0.3 is 0 Å². The molecule has 1 amide bonds. The number of carbonyl (C=O) groups excluding carboxylic acids is 1. The van der Waals surface area contributed by atoms with Crippen LogP contribution in [0.15, 0.2) is 54.6 Å². The van der Waals surface area contributed by atoms with Crippen LogP contribution in [-0.4, -0.2) is 25.2 Å². The molecule has 1 saturated heterocycles. The lowest BCUT2D eigenvalue weighted by Crippen LogP contribution is -2.35. The molecule has 25 heavy (non-hydrogen) atoms. The highest BCUT2D eigenvalue weighted by Gasteiger charge is 2.37. The molecule has 0 aromatic heterocycles. The van der Waals surface area contributed by atoms with E-state index in [0.29, 0.717) is 12.5 Å². The molecule has 3 unspecified atom stereocenters. The summed E-state index contributed by atoms with van der Waals surface area (Å²) in [5.41, 5.74) is 2.08. The Labute approximate surface area is 148 Å². The third kappa shape index (κ3) is 3.69. The standard InChI is InChI=1S/C21H23NO3/c23-21(20-11-10-19(20)15-4-2-1-3-5-15)22-16-6-8-17(9-7-16)25-18-12-13-24-14-18/h1-9,18-20H,10-14H2,(H,22,23). The second kappa shape index (κ2) is 7.28. The highest BCUT2D eigenvalue weighted by molar-refractivity contribution is 5.93. The first-order valence-corrected chi connectivity index (χ1v) is 9.00. The average molecular weight is 337 g/mol. The van der Waals surface area contributed by atoms with Crippen LogP contribution in [0.25, 0.3) is 0 Å². The van der Waals surface area contributed by atoms with Crippen molar-refractivity contribution in [2.24, 2.45) is 5.92 Å². The number of anilines is 1. The van der Waals surface area contributed by atoms with Crippen molar-refractivity contribution in [2.75, 3.05) is 18.5 Å². The van der Waals surface area contributed by atoms with E-state index in [1.54, 1.807) is 0 Å². The molecule has 0 bridgehead atoms. The third-order valence-electron chi connectivity index (χ3n) is 5.15. The zero-order chi connectivity index (χ0) is 17.1. The van der Waals surface area contributed by atoms with Crippen molar-refractivity contribution in [1.82, 2.24) is 0 Å². The van der Waals surface area contributed by atoms with Crippen LogP contribution in [0.2, 0.25) is 0 Å². The highest BCUT2D eigenvalue weighted by Crippen LogP contribution is 2.43. The van der Waals surface area contributed by atoms with E-state index in [4.69, 9.17) is 9.47 Å². The zero-order valence-corrected chi connectivity index (χ0v) is 14.2. The molecule has 1 saturated carbocycles. The predicted octanol–water partition coefficient (Wildman–Crippen LogP) is 3.99. The maximum atomic E-state index is 12.6. The van der Waals surface area contributed by atoms with Crippen LogP contribution in [0.3, 0.4) is 0 Å². The van der Waals surface area contributed by atoms with Gasteiger partial charge in [0.1, 0.15) is 11.9 Å². The Balaban J connectivity index is 1.34. The number of hydrogen-bond donors (Lipinski definition) is 1. The lowest BCUT2D eigenvalue weighted by atomic mass is 9.69. The summed E-state index contributed by atoms with van der Waals surface area (Å²) in [6, 6.07) is 17.9. The fourth-order valence-corrected chi connectivity index (χ4v) is 3.56. The number of carbonyl (C=O) groups is 1. The van der Waals surface area contributed by atoms with E-state index in [9.17, 15) is 4.79 Å². The molecule has 0 spiro atoms. The van der Waals surface area contributed by atoms with Gasteiger partial charge in [-0.15, -0.1) is 0 Å². The molecular weight excluding hydrogens is 314 g/mol. The Bertz CT molecular complexity index is 708. The number of rotatable bonds is 5. The smallest absolute Gasteiger partial charge is 0.228 e. The maximum absolute atomic E-state index is 12.6. The van der Waals surface area contributed by atoms with Crippen molar-refractivity contribution in [2.45, 2.75) is 31.3 Å². The Morgan fingerprint density at radius 1 is 1.00 bits per heavy atom. The van der Waals surface area contributed by atoms with E-state index in [-0.39, 0.29) is 17.9 Å². The Kier molecular flexibility index (Phi) is 4.70. The summed E-state index contributed by atoms with van der Waals surface area (Å²) in [5.74, 6) is 1.33. The summed E-state index contributed by atoms with van der Waals surface area (Å²) in [6.45, 7) is 1.42. The van der Waals surface area contributed by atoms with E-state index < -0.39 is 0 Å². The van der Waals surface area contributed by atoms with E-state index in [1.807, 2.05) is 42.5 Å². The molecule has 4 nitrogen and oxygen atoms in total. The van der Waals surface area contributed by atoms with Gasteiger partial charge in [0, 0.05) is 18.0 Å². The molecule has 1 N–H and O–H groups in total.